The van der Waals surface area contributed by atoms with Gasteiger partial charge in [0.15, 0.2) is 0 Å². The average Bonchev–Trinajstić information content (AvgIpc) is 2.47. The van der Waals surface area contributed by atoms with Crippen LogP contribution >= 0.6 is 15.9 Å². The smallest absolute Gasteiger partial charge is 0.226 e. The fourth-order valence-corrected chi connectivity index (χ4v) is 3.14. The zero-order chi connectivity index (χ0) is 15.2. The number of carbonyl (C=O) groups is 1. The molecule has 1 aliphatic rings. The SMILES string of the molecule is CC1CCN(C(=O)CCOc2cccc(Br)c2)C(CN)C1. The fraction of sp³-hybridized carbons (Fsp3) is 0.562. The van der Waals surface area contributed by atoms with E-state index >= 15 is 0 Å². The van der Waals surface area contributed by atoms with Crippen LogP contribution in [0.3, 0.4) is 0 Å². The molecule has 0 aromatic heterocycles. The Morgan fingerprint density at radius 3 is 3.05 bits per heavy atom. The van der Waals surface area contributed by atoms with Gasteiger partial charge in [0.2, 0.25) is 5.91 Å². The van der Waals surface area contributed by atoms with Crippen LogP contribution < -0.4 is 10.5 Å². The molecule has 4 nitrogen and oxygen atoms in total. The molecule has 2 atom stereocenters. The van der Waals surface area contributed by atoms with Crippen molar-refractivity contribution in [1.29, 1.82) is 0 Å². The molecular weight excluding hydrogens is 332 g/mol. The first-order valence-electron chi connectivity index (χ1n) is 7.48. The summed E-state index contributed by atoms with van der Waals surface area (Å²) in [6, 6.07) is 7.83. The third-order valence-electron chi connectivity index (χ3n) is 3.95. The Balaban J connectivity index is 1.81. The summed E-state index contributed by atoms with van der Waals surface area (Å²) in [6.07, 6.45) is 2.47. The Morgan fingerprint density at radius 1 is 1.52 bits per heavy atom. The van der Waals surface area contributed by atoms with Crippen LogP contribution in [0.2, 0.25) is 0 Å². The minimum absolute atomic E-state index is 0.146. The summed E-state index contributed by atoms with van der Waals surface area (Å²) in [4.78, 5) is 14.2. The maximum Gasteiger partial charge on any atom is 0.226 e. The Kier molecular flexibility index (Phi) is 6.06. The van der Waals surface area contributed by atoms with E-state index in [1.54, 1.807) is 0 Å². The summed E-state index contributed by atoms with van der Waals surface area (Å²) in [5.41, 5.74) is 5.80. The molecule has 116 valence electrons. The van der Waals surface area contributed by atoms with Gasteiger partial charge in [0, 0.05) is 23.6 Å². The molecule has 0 spiro atoms. The molecule has 1 aromatic carbocycles. The van der Waals surface area contributed by atoms with Gasteiger partial charge in [-0.3, -0.25) is 4.79 Å². The van der Waals surface area contributed by atoms with E-state index < -0.39 is 0 Å². The van der Waals surface area contributed by atoms with Gasteiger partial charge in [0.05, 0.1) is 13.0 Å². The maximum absolute atomic E-state index is 12.3. The Hall–Kier alpha value is -1.07. The van der Waals surface area contributed by atoms with Crippen LogP contribution in [0.15, 0.2) is 28.7 Å². The van der Waals surface area contributed by atoms with Crippen molar-refractivity contribution in [3.05, 3.63) is 28.7 Å². The summed E-state index contributed by atoms with van der Waals surface area (Å²) in [7, 11) is 0. The minimum Gasteiger partial charge on any atom is -0.493 e. The second-order valence-electron chi connectivity index (χ2n) is 5.66. The van der Waals surface area contributed by atoms with Crippen LogP contribution in [0.25, 0.3) is 0 Å². The van der Waals surface area contributed by atoms with Gasteiger partial charge in [0.1, 0.15) is 5.75 Å². The highest BCUT2D eigenvalue weighted by Gasteiger charge is 2.28. The Labute approximate surface area is 134 Å². The number of nitrogens with zero attached hydrogens (tertiary/aromatic N) is 1. The quantitative estimate of drug-likeness (QED) is 0.884. The van der Waals surface area contributed by atoms with Gasteiger partial charge in [-0.1, -0.05) is 28.9 Å². The molecule has 1 fully saturated rings. The third kappa shape index (κ3) is 4.71. The molecule has 1 aromatic rings. The summed E-state index contributed by atoms with van der Waals surface area (Å²) in [6.45, 7) is 3.99. The van der Waals surface area contributed by atoms with Gasteiger partial charge in [-0.25, -0.2) is 0 Å². The van der Waals surface area contributed by atoms with E-state index in [4.69, 9.17) is 10.5 Å². The Morgan fingerprint density at radius 2 is 2.33 bits per heavy atom. The molecule has 2 rings (SSSR count). The van der Waals surface area contributed by atoms with Crippen LogP contribution in [0.1, 0.15) is 26.2 Å². The Bertz CT molecular complexity index is 481. The molecule has 2 unspecified atom stereocenters. The molecule has 2 N–H and O–H groups in total. The topological polar surface area (TPSA) is 55.6 Å². The molecule has 0 radical (unpaired) electrons. The number of halogens is 1. The number of ether oxygens (including phenoxy) is 1. The highest BCUT2D eigenvalue weighted by molar-refractivity contribution is 9.10. The zero-order valence-corrected chi connectivity index (χ0v) is 14.0. The molecule has 1 heterocycles. The van der Waals surface area contributed by atoms with E-state index in [9.17, 15) is 4.79 Å². The second kappa shape index (κ2) is 7.80. The number of benzene rings is 1. The molecule has 5 heteroatoms. The van der Waals surface area contributed by atoms with E-state index in [1.807, 2.05) is 29.2 Å². The van der Waals surface area contributed by atoms with Gasteiger partial charge in [-0.05, 0) is 37.0 Å². The first-order chi connectivity index (χ1) is 10.1. The van der Waals surface area contributed by atoms with Crippen molar-refractivity contribution in [2.45, 2.75) is 32.2 Å². The lowest BCUT2D eigenvalue weighted by atomic mass is 9.92. The number of nitrogens with two attached hydrogens (primary N) is 1. The molecule has 1 saturated heterocycles. The van der Waals surface area contributed by atoms with E-state index in [1.165, 1.54) is 0 Å². The lowest BCUT2D eigenvalue weighted by molar-refractivity contribution is -0.135. The van der Waals surface area contributed by atoms with Crippen molar-refractivity contribution >= 4 is 21.8 Å². The number of hydrogen-bond acceptors (Lipinski definition) is 3. The second-order valence-corrected chi connectivity index (χ2v) is 6.58. The van der Waals surface area contributed by atoms with Gasteiger partial charge >= 0.3 is 0 Å². The normalized spacial score (nSPS) is 22.1. The highest BCUT2D eigenvalue weighted by Crippen LogP contribution is 2.23. The van der Waals surface area contributed by atoms with Crippen molar-refractivity contribution < 1.29 is 9.53 Å². The van der Waals surface area contributed by atoms with Crippen molar-refractivity contribution in [1.82, 2.24) is 4.90 Å². The largest absolute Gasteiger partial charge is 0.493 e. The van der Waals surface area contributed by atoms with Gasteiger partial charge in [0.25, 0.3) is 0 Å². The van der Waals surface area contributed by atoms with Crippen molar-refractivity contribution in [3.63, 3.8) is 0 Å². The fourth-order valence-electron chi connectivity index (χ4n) is 2.76. The maximum atomic E-state index is 12.3. The predicted molar refractivity (Wildman–Crippen MR) is 87.2 cm³/mol. The number of hydrogen-bond donors (Lipinski definition) is 1. The summed E-state index contributed by atoms with van der Waals surface area (Å²) in [5, 5.41) is 0. The van der Waals surface area contributed by atoms with Crippen LogP contribution in [-0.4, -0.2) is 36.5 Å². The lowest BCUT2D eigenvalue weighted by Gasteiger charge is -2.38. The van der Waals surface area contributed by atoms with Gasteiger partial charge in [-0.15, -0.1) is 0 Å². The van der Waals surface area contributed by atoms with Crippen molar-refractivity contribution in [3.8, 4) is 5.75 Å². The van der Waals surface area contributed by atoms with Crippen LogP contribution in [0.4, 0.5) is 0 Å². The predicted octanol–water partition coefficient (Wildman–Crippen LogP) is 2.80. The van der Waals surface area contributed by atoms with Crippen LogP contribution in [0, 0.1) is 5.92 Å². The van der Waals surface area contributed by atoms with Crippen LogP contribution in [0.5, 0.6) is 5.75 Å². The molecule has 0 saturated carbocycles. The van der Waals surface area contributed by atoms with E-state index in [-0.39, 0.29) is 11.9 Å². The molecule has 0 aliphatic carbocycles. The minimum atomic E-state index is 0.146. The third-order valence-corrected chi connectivity index (χ3v) is 4.44. The molecule has 21 heavy (non-hydrogen) atoms. The van der Waals surface area contributed by atoms with E-state index in [0.717, 1.165) is 29.6 Å². The number of piperidine rings is 1. The highest BCUT2D eigenvalue weighted by atomic mass is 79.9. The number of amides is 1. The number of rotatable bonds is 5. The number of likely N-dealkylation sites (tertiary alicyclic amines) is 1. The van der Waals surface area contributed by atoms with Gasteiger partial charge in [-0.2, -0.15) is 0 Å². The van der Waals surface area contributed by atoms with Gasteiger partial charge < -0.3 is 15.4 Å². The zero-order valence-electron chi connectivity index (χ0n) is 12.4. The van der Waals surface area contributed by atoms with E-state index in [0.29, 0.717) is 25.5 Å². The number of carbonyl (C=O) groups excluding carboxylic acids is 1. The molecule has 1 aliphatic heterocycles. The van der Waals surface area contributed by atoms with Crippen molar-refractivity contribution in [2.75, 3.05) is 19.7 Å². The summed E-state index contributed by atoms with van der Waals surface area (Å²) in [5.74, 6) is 1.58. The first-order valence-corrected chi connectivity index (χ1v) is 8.27. The first kappa shape index (κ1) is 16.3. The lowest BCUT2D eigenvalue weighted by Crippen LogP contribution is -2.49. The van der Waals surface area contributed by atoms with E-state index in [2.05, 4.69) is 22.9 Å². The van der Waals surface area contributed by atoms with Crippen molar-refractivity contribution in [2.24, 2.45) is 11.7 Å². The molecule has 0 bridgehead atoms. The monoisotopic (exact) mass is 354 g/mol. The molecular formula is C16H23BrN2O2. The summed E-state index contributed by atoms with van der Waals surface area (Å²) < 4.78 is 6.60. The summed E-state index contributed by atoms with van der Waals surface area (Å²) >= 11 is 3.40. The standard InChI is InChI=1S/C16H23BrN2O2/c1-12-5-7-19(14(9-12)11-18)16(20)6-8-21-15-4-2-3-13(17)10-15/h2-4,10,12,14H,5-9,11,18H2,1H3. The molecule has 1 amide bonds. The van der Waals surface area contributed by atoms with Crippen LogP contribution in [-0.2, 0) is 4.79 Å². The average molecular weight is 355 g/mol.